The lowest BCUT2D eigenvalue weighted by Crippen LogP contribution is -2.21. The number of likely N-dealkylation sites (tertiary alicyclic amines) is 1. The van der Waals surface area contributed by atoms with Crippen LogP contribution in [0.2, 0.25) is 14.4 Å². The largest absolute Gasteiger partial charge is 0.487 e. The highest BCUT2D eigenvalue weighted by molar-refractivity contribution is 7.94. The van der Waals surface area contributed by atoms with Crippen molar-refractivity contribution in [3.8, 4) is 16.9 Å². The van der Waals surface area contributed by atoms with E-state index in [0.717, 1.165) is 30.8 Å². The molecule has 1 fully saturated rings. The molecule has 1 saturated heterocycles. The zero-order valence-corrected chi connectivity index (χ0v) is 20.6. The van der Waals surface area contributed by atoms with Gasteiger partial charge in [-0.05, 0) is 49.4 Å². The molecule has 1 atom stereocenters. The Kier molecular flexibility index (Phi) is 6.91. The van der Waals surface area contributed by atoms with Crippen LogP contribution < -0.4 is 9.46 Å². The van der Waals surface area contributed by atoms with Crippen molar-refractivity contribution in [3.63, 3.8) is 0 Å². The molecule has 0 spiro atoms. The summed E-state index contributed by atoms with van der Waals surface area (Å²) in [4.78, 5) is 2.15. The van der Waals surface area contributed by atoms with Crippen molar-refractivity contribution in [1.29, 1.82) is 0 Å². The Morgan fingerprint density at radius 1 is 1.12 bits per heavy atom. The highest BCUT2D eigenvalue weighted by Gasteiger charge is 2.24. The van der Waals surface area contributed by atoms with E-state index >= 15 is 0 Å². The number of hydrogen-bond acceptors (Lipinski definition) is 5. The Bertz CT molecular complexity index is 1270. The van der Waals surface area contributed by atoms with Gasteiger partial charge >= 0.3 is 0 Å². The van der Waals surface area contributed by atoms with Gasteiger partial charge in [-0.15, -0.1) is 11.3 Å². The van der Waals surface area contributed by atoms with E-state index in [9.17, 15) is 12.8 Å². The van der Waals surface area contributed by atoms with Crippen molar-refractivity contribution in [3.05, 3.63) is 62.7 Å². The molecule has 0 amide bonds. The molecule has 0 bridgehead atoms. The summed E-state index contributed by atoms with van der Waals surface area (Å²) in [5.74, 6) is -0.153. The van der Waals surface area contributed by atoms with Gasteiger partial charge in [0, 0.05) is 24.7 Å². The summed E-state index contributed by atoms with van der Waals surface area (Å²) < 4.78 is 48.2. The zero-order chi connectivity index (χ0) is 23.0. The minimum Gasteiger partial charge on any atom is -0.487 e. The van der Waals surface area contributed by atoms with Crippen LogP contribution in [0.4, 0.5) is 10.1 Å². The number of nitrogens with zero attached hydrogens (tertiary/aromatic N) is 1. The van der Waals surface area contributed by atoms with Crippen molar-refractivity contribution in [2.24, 2.45) is 0 Å². The molecule has 170 valence electrons. The summed E-state index contributed by atoms with van der Waals surface area (Å²) >= 11 is 19.3. The second kappa shape index (κ2) is 9.37. The van der Waals surface area contributed by atoms with Gasteiger partial charge in [0.15, 0.2) is 0 Å². The number of thiophene rings is 1. The minimum atomic E-state index is -3.94. The number of benzene rings is 2. The molecule has 1 aromatic heterocycles. The maximum absolute atomic E-state index is 13.5. The first-order valence-corrected chi connectivity index (χ1v) is 13.0. The molecule has 4 rings (SSSR count). The van der Waals surface area contributed by atoms with Crippen molar-refractivity contribution < 1.29 is 17.5 Å². The molecule has 5 nitrogen and oxygen atoms in total. The molecule has 11 heteroatoms. The topological polar surface area (TPSA) is 58.6 Å². The van der Waals surface area contributed by atoms with E-state index in [4.69, 9.17) is 39.5 Å². The Morgan fingerprint density at radius 3 is 2.59 bits per heavy atom. The normalized spacial score (nSPS) is 17.0. The van der Waals surface area contributed by atoms with Gasteiger partial charge in [0.05, 0.1) is 15.7 Å². The smallest absolute Gasteiger partial charge is 0.271 e. The zero-order valence-electron chi connectivity index (χ0n) is 16.7. The number of nitrogens with one attached hydrogen (secondary N) is 1. The maximum atomic E-state index is 13.5. The van der Waals surface area contributed by atoms with E-state index in [1.54, 1.807) is 18.2 Å². The molecule has 2 heterocycles. The van der Waals surface area contributed by atoms with Crippen molar-refractivity contribution >= 4 is 61.9 Å². The molecule has 2 aromatic carbocycles. The van der Waals surface area contributed by atoms with Gasteiger partial charge in [-0.3, -0.25) is 4.72 Å². The number of hydrogen-bond donors (Lipinski definition) is 1. The lowest BCUT2D eigenvalue weighted by molar-refractivity contribution is 0.208. The third kappa shape index (κ3) is 5.16. The Labute approximate surface area is 204 Å². The number of rotatable bonds is 6. The summed E-state index contributed by atoms with van der Waals surface area (Å²) in [6, 6.07) is 10.2. The molecule has 1 N–H and O–H groups in total. The molecule has 0 aliphatic carbocycles. The lowest BCUT2D eigenvalue weighted by Gasteiger charge is -2.16. The van der Waals surface area contributed by atoms with Gasteiger partial charge in [-0.1, -0.05) is 40.9 Å². The van der Waals surface area contributed by atoms with E-state index < -0.39 is 15.8 Å². The lowest BCUT2D eigenvalue weighted by atomic mass is 10.1. The minimum absolute atomic E-state index is 0.00721. The number of sulfonamides is 1. The second-order valence-corrected chi connectivity index (χ2v) is 11.8. The summed E-state index contributed by atoms with van der Waals surface area (Å²) in [6.07, 6.45) is 0.859. The standard InChI is InChI=1S/C21H18Cl3FN2O3S2/c1-27-7-6-14(11-27)30-19-9-13(3-4-16(19)22)26-32(28,29)20-10-15(21(24)31-20)12-2-5-18(25)17(23)8-12/h2-5,8-10,14,26H,6-7,11H2,1H3/t14-/m0/s1. The van der Waals surface area contributed by atoms with Crippen LogP contribution in [0.25, 0.3) is 11.1 Å². The van der Waals surface area contributed by atoms with Crippen LogP contribution in [-0.2, 0) is 10.0 Å². The fraction of sp³-hybridized carbons (Fsp3) is 0.238. The Hall–Kier alpha value is -1.55. The molecule has 1 aliphatic heterocycles. The van der Waals surface area contributed by atoms with Crippen LogP contribution in [-0.4, -0.2) is 39.6 Å². The van der Waals surface area contributed by atoms with E-state index in [1.165, 1.54) is 24.3 Å². The number of ether oxygens (including phenoxy) is 1. The van der Waals surface area contributed by atoms with Gasteiger partial charge in [0.2, 0.25) is 0 Å². The number of anilines is 1. The average Bonchev–Trinajstić information content (AvgIpc) is 3.32. The third-order valence-corrected chi connectivity index (χ3v) is 8.80. The first-order valence-electron chi connectivity index (χ1n) is 9.55. The van der Waals surface area contributed by atoms with E-state index in [1.807, 2.05) is 7.05 Å². The SMILES string of the molecule is CN1CC[C@H](Oc2cc(NS(=O)(=O)c3cc(-c4ccc(F)c(Cl)c4)c(Cl)s3)ccc2Cl)C1. The summed E-state index contributed by atoms with van der Waals surface area (Å²) in [7, 11) is -1.93. The molecule has 0 saturated carbocycles. The van der Waals surface area contributed by atoms with Crippen LogP contribution in [0.3, 0.4) is 0 Å². The van der Waals surface area contributed by atoms with Gasteiger partial charge in [-0.25, -0.2) is 12.8 Å². The first kappa shape index (κ1) is 23.6. The molecular weight excluding hydrogens is 518 g/mol. The molecule has 1 aliphatic rings. The van der Waals surface area contributed by atoms with Gasteiger partial charge < -0.3 is 9.64 Å². The fourth-order valence-corrected chi connectivity index (χ4v) is 6.53. The van der Waals surface area contributed by atoms with Crippen LogP contribution >= 0.6 is 46.1 Å². The first-order chi connectivity index (χ1) is 15.1. The molecule has 32 heavy (non-hydrogen) atoms. The van der Waals surface area contributed by atoms with Crippen LogP contribution in [0.1, 0.15) is 6.42 Å². The Balaban J connectivity index is 1.57. The summed E-state index contributed by atoms with van der Waals surface area (Å²) in [5, 5.41) is 0.326. The average molecular weight is 536 g/mol. The van der Waals surface area contributed by atoms with E-state index in [-0.39, 0.29) is 19.7 Å². The summed E-state index contributed by atoms with van der Waals surface area (Å²) in [6.45, 7) is 1.70. The second-order valence-electron chi connectivity index (χ2n) is 7.42. The van der Waals surface area contributed by atoms with Crippen molar-refractivity contribution in [1.82, 2.24) is 4.90 Å². The third-order valence-electron chi connectivity index (χ3n) is 4.98. The van der Waals surface area contributed by atoms with Crippen molar-refractivity contribution in [2.45, 2.75) is 16.7 Å². The van der Waals surface area contributed by atoms with Gasteiger partial charge in [-0.2, -0.15) is 0 Å². The molecular formula is C21H18Cl3FN2O3S2. The van der Waals surface area contributed by atoms with Gasteiger partial charge in [0.25, 0.3) is 10.0 Å². The predicted octanol–water partition coefficient (Wildman–Crippen LogP) is 6.40. The van der Waals surface area contributed by atoms with Crippen LogP contribution in [0.15, 0.2) is 46.7 Å². The highest BCUT2D eigenvalue weighted by atomic mass is 35.5. The summed E-state index contributed by atoms with van der Waals surface area (Å²) in [5.41, 5.74) is 1.28. The fourth-order valence-electron chi connectivity index (χ4n) is 3.37. The van der Waals surface area contributed by atoms with E-state index in [0.29, 0.717) is 27.6 Å². The molecule has 0 unspecified atom stereocenters. The van der Waals surface area contributed by atoms with Crippen molar-refractivity contribution in [2.75, 3.05) is 24.9 Å². The van der Waals surface area contributed by atoms with Crippen LogP contribution in [0, 0.1) is 5.82 Å². The van der Waals surface area contributed by atoms with E-state index in [2.05, 4.69) is 9.62 Å². The molecule has 3 aromatic rings. The number of likely N-dealkylation sites (N-methyl/N-ethyl adjacent to an activating group) is 1. The van der Waals surface area contributed by atoms with Crippen LogP contribution in [0.5, 0.6) is 5.75 Å². The van der Waals surface area contributed by atoms with Gasteiger partial charge in [0.1, 0.15) is 26.2 Å². The monoisotopic (exact) mass is 534 g/mol. The quantitative estimate of drug-likeness (QED) is 0.397. The highest BCUT2D eigenvalue weighted by Crippen LogP contribution is 2.40. The Morgan fingerprint density at radius 2 is 1.91 bits per heavy atom. The predicted molar refractivity (Wildman–Crippen MR) is 129 cm³/mol. The molecule has 0 radical (unpaired) electrons. The number of halogens is 4. The maximum Gasteiger partial charge on any atom is 0.271 e.